The molecule has 0 aromatic carbocycles. The molecule has 0 saturated heterocycles. The first-order valence-corrected chi connectivity index (χ1v) is 6.45. The van der Waals surface area contributed by atoms with Gasteiger partial charge in [-0.2, -0.15) is 5.10 Å². The predicted molar refractivity (Wildman–Crippen MR) is 65.9 cm³/mol. The monoisotopic (exact) mass is 221 g/mol. The van der Waals surface area contributed by atoms with Crippen LogP contribution in [0.5, 0.6) is 0 Å². The van der Waals surface area contributed by atoms with Crippen molar-refractivity contribution in [1.82, 2.24) is 9.78 Å². The Morgan fingerprint density at radius 2 is 2.38 bits per heavy atom. The number of nitrogens with zero attached hydrogens (tertiary/aromatic N) is 2. The maximum atomic E-state index is 6.32. The van der Waals surface area contributed by atoms with Crippen LogP contribution >= 0.6 is 0 Å². The van der Waals surface area contributed by atoms with Gasteiger partial charge in [0.05, 0.1) is 11.7 Å². The Kier molecular flexibility index (Phi) is 3.64. The van der Waals surface area contributed by atoms with Gasteiger partial charge in [0.15, 0.2) is 0 Å². The van der Waals surface area contributed by atoms with E-state index >= 15 is 0 Å². The first-order valence-electron chi connectivity index (χ1n) is 6.45. The van der Waals surface area contributed by atoms with Crippen LogP contribution in [0.2, 0.25) is 0 Å². The second-order valence-electron chi connectivity index (χ2n) is 5.14. The highest BCUT2D eigenvalue weighted by atomic mass is 15.3. The van der Waals surface area contributed by atoms with Gasteiger partial charge >= 0.3 is 0 Å². The summed E-state index contributed by atoms with van der Waals surface area (Å²) in [6.07, 6.45) is 8.56. The second kappa shape index (κ2) is 5.00. The van der Waals surface area contributed by atoms with Crippen LogP contribution in [-0.4, -0.2) is 9.78 Å². The van der Waals surface area contributed by atoms with Crippen LogP contribution in [0.3, 0.4) is 0 Å². The Hall–Kier alpha value is -0.830. The molecule has 3 nitrogen and oxygen atoms in total. The van der Waals surface area contributed by atoms with E-state index in [0.717, 1.165) is 11.6 Å². The van der Waals surface area contributed by atoms with Gasteiger partial charge in [-0.05, 0) is 30.7 Å². The molecule has 2 N–H and O–H groups in total. The highest BCUT2D eigenvalue weighted by Crippen LogP contribution is 2.36. The van der Waals surface area contributed by atoms with Crippen molar-refractivity contribution in [2.24, 2.45) is 24.6 Å². The van der Waals surface area contributed by atoms with E-state index in [1.165, 1.54) is 32.1 Å². The molecule has 3 unspecified atom stereocenters. The molecule has 3 heteroatoms. The van der Waals surface area contributed by atoms with Gasteiger partial charge in [0, 0.05) is 13.2 Å². The average Bonchev–Trinajstić information content (AvgIpc) is 2.75. The molecule has 0 amide bonds. The summed E-state index contributed by atoms with van der Waals surface area (Å²) < 4.78 is 1.84. The van der Waals surface area contributed by atoms with Gasteiger partial charge in [0.25, 0.3) is 0 Å². The number of nitrogens with two attached hydrogens (primary N) is 1. The number of aromatic nitrogens is 2. The molecule has 0 radical (unpaired) electrons. The zero-order valence-corrected chi connectivity index (χ0v) is 10.4. The molecule has 1 saturated carbocycles. The predicted octanol–water partition coefficient (Wildman–Crippen LogP) is 2.64. The summed E-state index contributed by atoms with van der Waals surface area (Å²) in [6, 6.07) is 2.19. The van der Waals surface area contributed by atoms with Crippen LogP contribution in [0.25, 0.3) is 0 Å². The highest BCUT2D eigenvalue weighted by molar-refractivity contribution is 5.06. The quantitative estimate of drug-likeness (QED) is 0.852. The Labute approximate surface area is 98.0 Å². The summed E-state index contributed by atoms with van der Waals surface area (Å²) in [7, 11) is 1.95. The van der Waals surface area contributed by atoms with Gasteiger partial charge in [-0.1, -0.05) is 26.2 Å². The fourth-order valence-corrected chi connectivity index (χ4v) is 2.88. The Bertz CT molecular complexity index is 332. The van der Waals surface area contributed by atoms with Crippen LogP contribution in [-0.2, 0) is 7.05 Å². The van der Waals surface area contributed by atoms with Gasteiger partial charge in [0.1, 0.15) is 0 Å². The molecular weight excluding hydrogens is 198 g/mol. The third-order valence-corrected chi connectivity index (χ3v) is 3.98. The minimum atomic E-state index is 0.135. The van der Waals surface area contributed by atoms with Crippen molar-refractivity contribution in [2.75, 3.05) is 0 Å². The van der Waals surface area contributed by atoms with Crippen molar-refractivity contribution in [3.05, 3.63) is 18.0 Å². The lowest BCUT2D eigenvalue weighted by Crippen LogP contribution is -2.27. The molecule has 1 aromatic rings. The molecule has 2 rings (SSSR count). The van der Waals surface area contributed by atoms with Gasteiger partial charge in [-0.15, -0.1) is 0 Å². The molecule has 1 aliphatic carbocycles. The molecule has 16 heavy (non-hydrogen) atoms. The minimum absolute atomic E-state index is 0.135. The second-order valence-corrected chi connectivity index (χ2v) is 5.14. The smallest absolute Gasteiger partial charge is 0.0794 e. The summed E-state index contributed by atoms with van der Waals surface area (Å²) >= 11 is 0. The number of hydrogen-bond donors (Lipinski definition) is 1. The van der Waals surface area contributed by atoms with Crippen molar-refractivity contribution >= 4 is 0 Å². The van der Waals surface area contributed by atoms with Crippen molar-refractivity contribution < 1.29 is 0 Å². The third kappa shape index (κ3) is 2.46. The van der Waals surface area contributed by atoms with Crippen LogP contribution < -0.4 is 5.73 Å². The maximum Gasteiger partial charge on any atom is 0.0794 e. The summed E-state index contributed by atoms with van der Waals surface area (Å²) in [5.41, 5.74) is 7.38. The van der Waals surface area contributed by atoms with E-state index in [0.29, 0.717) is 5.92 Å². The largest absolute Gasteiger partial charge is 0.322 e. The van der Waals surface area contributed by atoms with Crippen molar-refractivity contribution in [3.63, 3.8) is 0 Å². The van der Waals surface area contributed by atoms with Crippen LogP contribution in [0.1, 0.15) is 50.8 Å². The fourth-order valence-electron chi connectivity index (χ4n) is 2.88. The summed E-state index contributed by atoms with van der Waals surface area (Å²) in [4.78, 5) is 0. The van der Waals surface area contributed by atoms with Gasteiger partial charge in [-0.25, -0.2) is 0 Å². The van der Waals surface area contributed by atoms with Crippen LogP contribution in [0.15, 0.2) is 12.3 Å². The SMILES string of the molecule is CCC1CCCC(C(N)c2ccn(C)n2)C1. The topological polar surface area (TPSA) is 43.8 Å². The lowest BCUT2D eigenvalue weighted by molar-refractivity contribution is 0.228. The van der Waals surface area contributed by atoms with Crippen molar-refractivity contribution in [3.8, 4) is 0 Å². The summed E-state index contributed by atoms with van der Waals surface area (Å²) in [5.74, 6) is 1.52. The standard InChI is InChI=1S/C13H23N3/c1-3-10-5-4-6-11(9-10)13(14)12-7-8-16(2)15-12/h7-8,10-11,13H,3-6,9,14H2,1-2H3. The lowest BCUT2D eigenvalue weighted by atomic mass is 9.76. The molecule has 1 fully saturated rings. The van der Waals surface area contributed by atoms with E-state index in [9.17, 15) is 0 Å². The Morgan fingerprint density at radius 1 is 1.56 bits per heavy atom. The molecule has 3 atom stereocenters. The number of aryl methyl sites for hydroxylation is 1. The minimum Gasteiger partial charge on any atom is -0.322 e. The molecule has 0 bridgehead atoms. The summed E-state index contributed by atoms with van der Waals surface area (Å²) in [6.45, 7) is 2.29. The van der Waals surface area contributed by atoms with E-state index in [1.54, 1.807) is 0 Å². The van der Waals surface area contributed by atoms with Crippen LogP contribution in [0, 0.1) is 11.8 Å². The van der Waals surface area contributed by atoms with E-state index in [1.807, 2.05) is 17.9 Å². The van der Waals surface area contributed by atoms with Gasteiger partial charge in [-0.3, -0.25) is 4.68 Å². The zero-order chi connectivity index (χ0) is 11.5. The van der Waals surface area contributed by atoms with Crippen molar-refractivity contribution in [1.29, 1.82) is 0 Å². The normalized spacial score (nSPS) is 27.9. The number of rotatable bonds is 3. The summed E-state index contributed by atoms with van der Waals surface area (Å²) in [5, 5.41) is 4.43. The highest BCUT2D eigenvalue weighted by Gasteiger charge is 2.27. The Balaban J connectivity index is 2.01. The first kappa shape index (κ1) is 11.6. The molecular formula is C13H23N3. The molecule has 1 aromatic heterocycles. The molecule has 0 spiro atoms. The zero-order valence-electron chi connectivity index (χ0n) is 10.4. The first-order chi connectivity index (χ1) is 7.70. The molecule has 1 aliphatic rings. The van der Waals surface area contributed by atoms with E-state index in [-0.39, 0.29) is 6.04 Å². The van der Waals surface area contributed by atoms with E-state index in [4.69, 9.17) is 5.73 Å². The van der Waals surface area contributed by atoms with E-state index in [2.05, 4.69) is 18.1 Å². The van der Waals surface area contributed by atoms with Gasteiger partial charge in [0.2, 0.25) is 0 Å². The molecule has 1 heterocycles. The van der Waals surface area contributed by atoms with Crippen molar-refractivity contribution in [2.45, 2.75) is 45.1 Å². The number of hydrogen-bond acceptors (Lipinski definition) is 2. The lowest BCUT2D eigenvalue weighted by Gasteiger charge is -2.31. The fraction of sp³-hybridized carbons (Fsp3) is 0.769. The third-order valence-electron chi connectivity index (χ3n) is 3.98. The maximum absolute atomic E-state index is 6.32. The van der Waals surface area contributed by atoms with Crippen LogP contribution in [0.4, 0.5) is 0 Å². The van der Waals surface area contributed by atoms with Gasteiger partial charge < -0.3 is 5.73 Å². The molecule has 90 valence electrons. The Morgan fingerprint density at radius 3 is 3.00 bits per heavy atom. The van der Waals surface area contributed by atoms with E-state index < -0.39 is 0 Å². The average molecular weight is 221 g/mol. The molecule has 0 aliphatic heterocycles.